The van der Waals surface area contributed by atoms with Crippen molar-refractivity contribution < 1.29 is 0 Å². The van der Waals surface area contributed by atoms with Crippen LogP contribution in [0.15, 0.2) is 12.7 Å². The minimum atomic E-state index is 0. The Morgan fingerprint density at radius 3 is 2.14 bits per heavy atom. The Morgan fingerprint density at radius 2 is 2.00 bits per heavy atom. The van der Waals surface area contributed by atoms with Gasteiger partial charge in [0.1, 0.15) is 12.7 Å². The summed E-state index contributed by atoms with van der Waals surface area (Å²) < 4.78 is 0. The molecule has 0 spiro atoms. The van der Waals surface area contributed by atoms with E-state index in [1.54, 1.807) is 0 Å². The first-order valence-corrected chi connectivity index (χ1v) is 1.29. The number of rotatable bonds is 0. The monoisotopic (exact) mass is 147 g/mol. The molecule has 7 heavy (non-hydrogen) atoms. The van der Waals surface area contributed by atoms with Crippen LogP contribution in [-0.2, 0) is 0 Å². The van der Waals surface area contributed by atoms with E-state index in [9.17, 15) is 0 Å². The van der Waals surface area contributed by atoms with Gasteiger partial charge in [-0.3, -0.25) is 5.10 Å². The molecular weight excluding hydrogens is 144 g/mol. The third-order valence-corrected chi connectivity index (χ3v) is 0.331. The van der Waals surface area contributed by atoms with Crippen LogP contribution in [0.5, 0.6) is 0 Å². The summed E-state index contributed by atoms with van der Waals surface area (Å²) in [6.07, 6.45) is 2.96. The quantitative estimate of drug-likeness (QED) is 0.480. The number of aromatic nitrogens is 3. The van der Waals surface area contributed by atoms with Crippen molar-refractivity contribution in [2.45, 2.75) is 0 Å². The first-order valence-electron chi connectivity index (χ1n) is 1.29. The first kappa shape index (κ1) is 12.1. The number of hydrogen-bond donors (Lipinski definition) is 1. The molecule has 0 aliphatic carbocycles. The maximum absolute atomic E-state index is 3.56. The molecule has 1 N–H and O–H groups in total. The van der Waals surface area contributed by atoms with Gasteiger partial charge < -0.3 is 0 Å². The Balaban J connectivity index is 0. The Bertz CT molecular complexity index is 67.4. The fourth-order valence-corrected chi connectivity index (χ4v) is 0.167. The summed E-state index contributed by atoms with van der Waals surface area (Å²) in [5, 5.41) is 5.99. The number of nitrogens with one attached hydrogen (secondary N) is 1. The van der Waals surface area contributed by atoms with Gasteiger partial charge in [-0.25, -0.2) is 4.98 Å². The van der Waals surface area contributed by atoms with Crippen LogP contribution in [0.4, 0.5) is 0 Å². The standard InChI is InChI=1S/C2H3N3.2K/c1-3-2-5-4-1;;/h1-2H,(H,3,4,5);;. The predicted molar refractivity (Wildman–Crippen MR) is 27.9 cm³/mol. The molecule has 0 fully saturated rings. The number of nitrogens with zero attached hydrogens (tertiary/aromatic N) is 2. The van der Waals surface area contributed by atoms with Gasteiger partial charge in [-0.05, 0) is 0 Å². The Hall–Kier alpha value is 2.41. The molecule has 0 atom stereocenters. The molecule has 0 aliphatic rings. The summed E-state index contributed by atoms with van der Waals surface area (Å²) in [6.45, 7) is 0. The van der Waals surface area contributed by atoms with Crippen molar-refractivity contribution in [2.75, 3.05) is 0 Å². The van der Waals surface area contributed by atoms with Crippen LogP contribution in [0, 0.1) is 0 Å². The minimum Gasteiger partial charge on any atom is -0.266 e. The maximum atomic E-state index is 3.56. The molecule has 1 aromatic rings. The third-order valence-electron chi connectivity index (χ3n) is 0.331. The second-order valence-corrected chi connectivity index (χ2v) is 0.652. The van der Waals surface area contributed by atoms with Gasteiger partial charge in [-0.15, -0.1) is 0 Å². The van der Waals surface area contributed by atoms with Gasteiger partial charge in [0.2, 0.25) is 0 Å². The van der Waals surface area contributed by atoms with Crippen molar-refractivity contribution in [2.24, 2.45) is 0 Å². The first-order chi connectivity index (χ1) is 2.50. The zero-order valence-corrected chi connectivity index (χ0v) is 10.8. The zero-order valence-electron chi connectivity index (χ0n) is 4.55. The van der Waals surface area contributed by atoms with E-state index >= 15 is 0 Å². The maximum Gasteiger partial charge on any atom is 0.137 e. The SMILES string of the molecule is [K].[K].c1nc[nH]n1. The molecule has 5 heteroatoms. The van der Waals surface area contributed by atoms with Crippen LogP contribution in [0.3, 0.4) is 0 Å². The van der Waals surface area contributed by atoms with E-state index in [1.807, 2.05) is 0 Å². The van der Waals surface area contributed by atoms with Gasteiger partial charge in [-0.2, -0.15) is 5.10 Å². The average molecular weight is 147 g/mol. The van der Waals surface area contributed by atoms with Gasteiger partial charge in [0, 0.05) is 103 Å². The second-order valence-electron chi connectivity index (χ2n) is 0.652. The average Bonchev–Trinajstić information content (AvgIpc) is 1.76. The van der Waals surface area contributed by atoms with E-state index in [-0.39, 0.29) is 103 Å². The van der Waals surface area contributed by atoms with Gasteiger partial charge in [0.15, 0.2) is 0 Å². The molecule has 3 nitrogen and oxygen atoms in total. The van der Waals surface area contributed by atoms with Crippen LogP contribution in [0.25, 0.3) is 0 Å². The van der Waals surface area contributed by atoms with Crippen molar-refractivity contribution in [3.8, 4) is 0 Å². The summed E-state index contributed by atoms with van der Waals surface area (Å²) >= 11 is 0. The molecule has 0 saturated carbocycles. The molecule has 0 aliphatic heterocycles. The van der Waals surface area contributed by atoms with Crippen molar-refractivity contribution in [3.63, 3.8) is 0 Å². The number of hydrogen-bond acceptors (Lipinski definition) is 2. The Kier molecular flexibility index (Phi) is 14.6. The summed E-state index contributed by atoms with van der Waals surface area (Å²) in [4.78, 5) is 3.56. The van der Waals surface area contributed by atoms with Crippen LogP contribution < -0.4 is 0 Å². The van der Waals surface area contributed by atoms with Crippen LogP contribution >= 0.6 is 0 Å². The van der Waals surface area contributed by atoms with Crippen molar-refractivity contribution >= 4 is 103 Å². The van der Waals surface area contributed by atoms with Crippen molar-refractivity contribution in [1.29, 1.82) is 0 Å². The summed E-state index contributed by atoms with van der Waals surface area (Å²) in [7, 11) is 0. The summed E-state index contributed by atoms with van der Waals surface area (Å²) in [6, 6.07) is 0. The van der Waals surface area contributed by atoms with E-state index < -0.39 is 0 Å². The number of H-pyrrole nitrogens is 1. The van der Waals surface area contributed by atoms with Crippen LogP contribution in [0.1, 0.15) is 0 Å². The Labute approximate surface area is 127 Å². The fraction of sp³-hybridized carbons (Fsp3) is 0. The van der Waals surface area contributed by atoms with E-state index in [0.717, 1.165) is 0 Å². The number of aromatic amines is 1. The molecule has 2 radical (unpaired) electrons. The van der Waals surface area contributed by atoms with Gasteiger partial charge in [0.25, 0.3) is 0 Å². The largest absolute Gasteiger partial charge is 0.266 e. The molecule has 0 bridgehead atoms. The molecule has 1 rings (SSSR count). The fourth-order valence-electron chi connectivity index (χ4n) is 0.167. The molecular formula is C2H3K2N3. The van der Waals surface area contributed by atoms with E-state index in [0.29, 0.717) is 0 Å². The van der Waals surface area contributed by atoms with Crippen molar-refractivity contribution in [3.05, 3.63) is 12.7 Å². The third kappa shape index (κ3) is 6.30. The van der Waals surface area contributed by atoms with Gasteiger partial charge >= 0.3 is 0 Å². The minimum absolute atomic E-state index is 0. The summed E-state index contributed by atoms with van der Waals surface area (Å²) in [5.41, 5.74) is 0. The molecule has 28 valence electrons. The van der Waals surface area contributed by atoms with E-state index in [4.69, 9.17) is 0 Å². The Morgan fingerprint density at radius 1 is 1.29 bits per heavy atom. The van der Waals surface area contributed by atoms with Gasteiger partial charge in [0.05, 0.1) is 0 Å². The normalized spacial score (nSPS) is 5.71. The predicted octanol–water partition coefficient (Wildman–Crippen LogP) is -0.957. The molecule has 1 heterocycles. The smallest absolute Gasteiger partial charge is 0.137 e. The molecule has 0 amide bonds. The molecule has 0 unspecified atom stereocenters. The molecule has 0 aromatic carbocycles. The summed E-state index contributed by atoms with van der Waals surface area (Å²) in [5.74, 6) is 0. The molecule has 1 aromatic heterocycles. The second kappa shape index (κ2) is 8.41. The van der Waals surface area contributed by atoms with E-state index in [2.05, 4.69) is 15.2 Å². The van der Waals surface area contributed by atoms with Crippen LogP contribution in [0.2, 0.25) is 0 Å². The van der Waals surface area contributed by atoms with Crippen LogP contribution in [-0.4, -0.2) is 118 Å². The van der Waals surface area contributed by atoms with E-state index in [1.165, 1.54) is 12.7 Å². The molecule has 0 saturated heterocycles. The van der Waals surface area contributed by atoms with Gasteiger partial charge in [-0.1, -0.05) is 0 Å². The zero-order chi connectivity index (χ0) is 3.54. The topological polar surface area (TPSA) is 41.6 Å². The van der Waals surface area contributed by atoms with Crippen molar-refractivity contribution in [1.82, 2.24) is 15.2 Å².